The number of nitrogens with one attached hydrogen (secondary N) is 1. The highest BCUT2D eigenvalue weighted by atomic mass is 32.2. The van der Waals surface area contributed by atoms with Crippen LogP contribution >= 0.6 is 11.9 Å². The quantitative estimate of drug-likeness (QED) is 0.658. The maximum atomic E-state index is 4.73. The number of benzene rings is 1. The molecule has 1 N–H and O–H groups in total. The third-order valence-corrected chi connectivity index (χ3v) is 5.91. The van der Waals surface area contributed by atoms with Gasteiger partial charge in [-0.3, -0.25) is 4.98 Å². The van der Waals surface area contributed by atoms with E-state index in [0.717, 1.165) is 54.3 Å². The third kappa shape index (κ3) is 4.05. The fourth-order valence-corrected chi connectivity index (χ4v) is 4.46. The lowest BCUT2D eigenvalue weighted by Gasteiger charge is -2.36. The van der Waals surface area contributed by atoms with E-state index in [2.05, 4.69) is 62.6 Å². The van der Waals surface area contributed by atoms with Gasteiger partial charge >= 0.3 is 0 Å². The topological polar surface area (TPSA) is 57.2 Å². The van der Waals surface area contributed by atoms with Crippen LogP contribution in [0.15, 0.2) is 42.7 Å². The van der Waals surface area contributed by atoms with E-state index >= 15 is 0 Å². The molecule has 1 fully saturated rings. The molecule has 1 aromatic carbocycles. The summed E-state index contributed by atoms with van der Waals surface area (Å²) in [5, 5.41) is 3.78. The smallest absolute Gasteiger partial charge is 0.154 e. The molecule has 146 valence electrons. The van der Waals surface area contributed by atoms with Crippen molar-refractivity contribution in [1.82, 2.24) is 19.3 Å². The zero-order valence-corrected chi connectivity index (χ0v) is 17.4. The number of fused-ring (bicyclic) bond motifs is 1. The van der Waals surface area contributed by atoms with Gasteiger partial charge in [0.2, 0.25) is 0 Å². The predicted octanol–water partition coefficient (Wildman–Crippen LogP) is 3.91. The highest BCUT2D eigenvalue weighted by Gasteiger charge is 2.18. The molecule has 3 heterocycles. The number of nitrogens with zero attached hydrogens (tertiary/aromatic N) is 5. The lowest BCUT2D eigenvalue weighted by molar-refractivity contribution is 0.428. The molecule has 0 amide bonds. The fourth-order valence-electron chi connectivity index (χ4n) is 3.49. The van der Waals surface area contributed by atoms with Crippen LogP contribution in [0.25, 0.3) is 22.3 Å². The van der Waals surface area contributed by atoms with Gasteiger partial charge in [-0.25, -0.2) is 14.3 Å². The number of rotatable bonds is 5. The Morgan fingerprint density at radius 3 is 2.39 bits per heavy atom. The van der Waals surface area contributed by atoms with Crippen molar-refractivity contribution in [2.45, 2.75) is 19.1 Å². The normalized spacial score (nSPS) is 15.4. The van der Waals surface area contributed by atoms with Crippen LogP contribution in [0, 0.1) is 0 Å². The highest BCUT2D eigenvalue weighted by molar-refractivity contribution is 7.97. The third-order valence-electron chi connectivity index (χ3n) is 4.82. The average Bonchev–Trinajstić information content (AvgIpc) is 2.73. The first kappa shape index (κ1) is 19.0. The lowest BCUT2D eigenvalue weighted by atomic mass is 10.1. The fraction of sp³-hybridized carbons (Fsp3) is 0.381. The summed E-state index contributed by atoms with van der Waals surface area (Å²) in [4.78, 5) is 16.0. The molecule has 3 aromatic rings. The van der Waals surface area contributed by atoms with E-state index in [-0.39, 0.29) is 0 Å². The minimum absolute atomic E-state index is 0.646. The Hall–Kier alpha value is -2.38. The summed E-state index contributed by atoms with van der Waals surface area (Å²) >= 11 is 1.96. The van der Waals surface area contributed by atoms with Crippen LogP contribution in [0.4, 0.5) is 11.5 Å². The monoisotopic (exact) mass is 394 g/mol. The van der Waals surface area contributed by atoms with Crippen LogP contribution in [0.5, 0.6) is 0 Å². The minimum Gasteiger partial charge on any atom is -0.371 e. The molecule has 6 nitrogen and oxygen atoms in total. The summed E-state index contributed by atoms with van der Waals surface area (Å²) < 4.78 is 2.48. The first-order valence-corrected chi connectivity index (χ1v) is 10.5. The van der Waals surface area contributed by atoms with E-state index in [4.69, 9.17) is 4.98 Å². The van der Waals surface area contributed by atoms with Gasteiger partial charge in [0.25, 0.3) is 0 Å². The SMILES string of the molecule is CNc1nc(-c2ccc(N3CCN(SC(C)C)CC3)cc2)cc2nccnc12. The number of piperazine rings is 1. The van der Waals surface area contributed by atoms with E-state index < -0.39 is 0 Å². The van der Waals surface area contributed by atoms with Crippen molar-refractivity contribution >= 4 is 34.5 Å². The Bertz CT molecular complexity index is 935. The van der Waals surface area contributed by atoms with Crippen molar-refractivity contribution in [3.05, 3.63) is 42.7 Å². The number of pyridine rings is 1. The van der Waals surface area contributed by atoms with Gasteiger partial charge in [-0.1, -0.05) is 37.9 Å². The van der Waals surface area contributed by atoms with Gasteiger partial charge in [0.05, 0.1) is 11.2 Å². The van der Waals surface area contributed by atoms with Gasteiger partial charge in [-0.2, -0.15) is 0 Å². The van der Waals surface area contributed by atoms with E-state index in [1.165, 1.54) is 5.69 Å². The molecule has 0 saturated carbocycles. The van der Waals surface area contributed by atoms with Crippen LogP contribution in [-0.2, 0) is 0 Å². The Kier molecular flexibility index (Phi) is 5.64. The number of hydrogen-bond acceptors (Lipinski definition) is 7. The molecule has 1 saturated heterocycles. The Labute approximate surface area is 170 Å². The largest absolute Gasteiger partial charge is 0.371 e. The van der Waals surface area contributed by atoms with Crippen LogP contribution in [0.3, 0.4) is 0 Å². The molecule has 0 bridgehead atoms. The van der Waals surface area contributed by atoms with E-state index in [1.807, 2.05) is 25.1 Å². The van der Waals surface area contributed by atoms with Gasteiger partial charge < -0.3 is 10.2 Å². The summed E-state index contributed by atoms with van der Waals surface area (Å²) in [5.41, 5.74) is 4.90. The van der Waals surface area contributed by atoms with Gasteiger partial charge in [-0.05, 0) is 18.2 Å². The Balaban J connectivity index is 1.52. The van der Waals surface area contributed by atoms with Crippen molar-refractivity contribution in [3.8, 4) is 11.3 Å². The van der Waals surface area contributed by atoms with Crippen molar-refractivity contribution in [1.29, 1.82) is 0 Å². The van der Waals surface area contributed by atoms with Gasteiger partial charge in [0.15, 0.2) is 5.82 Å². The first-order chi connectivity index (χ1) is 13.6. The zero-order chi connectivity index (χ0) is 19.5. The van der Waals surface area contributed by atoms with Crippen molar-refractivity contribution in [2.24, 2.45) is 0 Å². The summed E-state index contributed by atoms with van der Waals surface area (Å²) in [6.45, 7) is 8.82. The highest BCUT2D eigenvalue weighted by Crippen LogP contribution is 2.28. The molecule has 28 heavy (non-hydrogen) atoms. The minimum atomic E-state index is 0.646. The maximum absolute atomic E-state index is 4.73. The molecule has 2 aromatic heterocycles. The first-order valence-electron chi connectivity index (χ1n) is 9.70. The van der Waals surface area contributed by atoms with E-state index in [0.29, 0.717) is 5.25 Å². The molecule has 1 aliphatic heterocycles. The van der Waals surface area contributed by atoms with Crippen molar-refractivity contribution < 1.29 is 0 Å². The van der Waals surface area contributed by atoms with E-state index in [1.54, 1.807) is 12.4 Å². The maximum Gasteiger partial charge on any atom is 0.154 e. The van der Waals surface area contributed by atoms with Crippen LogP contribution in [-0.4, -0.2) is 57.7 Å². The van der Waals surface area contributed by atoms with Crippen molar-refractivity contribution in [2.75, 3.05) is 43.4 Å². The van der Waals surface area contributed by atoms with Crippen molar-refractivity contribution in [3.63, 3.8) is 0 Å². The second kappa shape index (κ2) is 8.32. The average molecular weight is 395 g/mol. The summed E-state index contributed by atoms with van der Waals surface area (Å²) in [7, 11) is 1.86. The second-order valence-electron chi connectivity index (χ2n) is 7.15. The number of hydrogen-bond donors (Lipinski definition) is 1. The Morgan fingerprint density at radius 2 is 1.71 bits per heavy atom. The molecule has 7 heteroatoms. The second-order valence-corrected chi connectivity index (χ2v) is 8.82. The molecule has 0 unspecified atom stereocenters. The molecular formula is C21H26N6S. The molecule has 0 spiro atoms. The molecule has 4 rings (SSSR count). The van der Waals surface area contributed by atoms with Gasteiger partial charge in [-0.15, -0.1) is 0 Å². The predicted molar refractivity (Wildman–Crippen MR) is 119 cm³/mol. The summed E-state index contributed by atoms with van der Waals surface area (Å²) in [6, 6.07) is 10.7. The standard InChI is InChI=1S/C21H26N6S/c1-15(2)28-27-12-10-26(11-13-27)17-6-4-16(5-7-17)18-14-19-20(21(22-3)25-18)24-9-8-23-19/h4-9,14-15H,10-13H2,1-3H3,(H,22,25). The number of aromatic nitrogens is 3. The van der Waals surface area contributed by atoms with Crippen LogP contribution in [0.2, 0.25) is 0 Å². The van der Waals surface area contributed by atoms with Gasteiger partial charge in [0, 0.05) is 62.1 Å². The summed E-state index contributed by atoms with van der Waals surface area (Å²) in [6.07, 6.45) is 3.41. The van der Waals surface area contributed by atoms with Crippen LogP contribution in [0.1, 0.15) is 13.8 Å². The zero-order valence-electron chi connectivity index (χ0n) is 16.6. The molecular weight excluding hydrogens is 368 g/mol. The molecule has 0 atom stereocenters. The lowest BCUT2D eigenvalue weighted by Crippen LogP contribution is -2.43. The molecule has 0 radical (unpaired) electrons. The van der Waals surface area contributed by atoms with Crippen LogP contribution < -0.4 is 10.2 Å². The van der Waals surface area contributed by atoms with E-state index in [9.17, 15) is 0 Å². The summed E-state index contributed by atoms with van der Waals surface area (Å²) in [5.74, 6) is 0.753. The van der Waals surface area contributed by atoms with Gasteiger partial charge in [0.1, 0.15) is 5.52 Å². The number of anilines is 2. The molecule has 0 aliphatic carbocycles. The molecule has 1 aliphatic rings. The Morgan fingerprint density at radius 1 is 1.00 bits per heavy atom.